The van der Waals surface area contributed by atoms with Gasteiger partial charge in [0.2, 0.25) is 0 Å². The highest BCUT2D eigenvalue weighted by Gasteiger charge is 2.20. The van der Waals surface area contributed by atoms with Crippen LogP contribution < -0.4 is 5.32 Å². The van der Waals surface area contributed by atoms with E-state index in [1.165, 1.54) is 0 Å². The summed E-state index contributed by atoms with van der Waals surface area (Å²) >= 11 is 0. The molecule has 84 valence electrons. The highest BCUT2D eigenvalue weighted by molar-refractivity contribution is 4.97. The maximum atomic E-state index is 4.28. The third-order valence-electron chi connectivity index (χ3n) is 2.90. The molecule has 0 radical (unpaired) electrons. The molecule has 2 heterocycles. The molecule has 0 atom stereocenters. The molecule has 2 rings (SSSR count). The number of nitrogens with one attached hydrogen (secondary N) is 1. The molecule has 4 heteroatoms. The van der Waals surface area contributed by atoms with Crippen molar-refractivity contribution in [1.29, 1.82) is 0 Å². The normalized spacial score (nSPS) is 17.1. The fourth-order valence-electron chi connectivity index (χ4n) is 1.93. The summed E-state index contributed by atoms with van der Waals surface area (Å²) in [5, 5.41) is 11.7. The van der Waals surface area contributed by atoms with Crippen LogP contribution in [0.3, 0.4) is 0 Å². The molecule has 1 aromatic heterocycles. The van der Waals surface area contributed by atoms with E-state index in [0.717, 1.165) is 43.6 Å². The molecule has 0 amide bonds. The Morgan fingerprint density at radius 1 is 1.40 bits per heavy atom. The Bertz CT molecular complexity index is 325. The first-order valence-electron chi connectivity index (χ1n) is 5.76. The van der Waals surface area contributed by atoms with E-state index >= 15 is 0 Å². The third kappa shape index (κ3) is 2.37. The van der Waals surface area contributed by atoms with Crippen LogP contribution >= 0.6 is 0 Å². The molecule has 1 N–H and O–H groups in total. The van der Waals surface area contributed by atoms with Crippen molar-refractivity contribution in [2.75, 3.05) is 13.1 Å². The van der Waals surface area contributed by atoms with Gasteiger partial charge in [-0.3, -0.25) is 0 Å². The zero-order chi connectivity index (χ0) is 10.8. The van der Waals surface area contributed by atoms with Gasteiger partial charge in [0.05, 0.1) is 0 Å². The van der Waals surface area contributed by atoms with Crippen LogP contribution in [-0.4, -0.2) is 27.9 Å². The third-order valence-corrected chi connectivity index (χ3v) is 2.90. The summed E-state index contributed by atoms with van der Waals surface area (Å²) < 4.78 is 2.27. The van der Waals surface area contributed by atoms with E-state index in [0.29, 0.717) is 5.92 Å². The summed E-state index contributed by atoms with van der Waals surface area (Å²) in [4.78, 5) is 0. The first kappa shape index (κ1) is 10.6. The van der Waals surface area contributed by atoms with Gasteiger partial charge in [0.25, 0.3) is 0 Å². The largest absolute Gasteiger partial charge is 0.316 e. The van der Waals surface area contributed by atoms with Crippen LogP contribution in [0.1, 0.15) is 25.5 Å². The first-order chi connectivity index (χ1) is 7.16. The molecule has 0 aliphatic carbocycles. The van der Waals surface area contributed by atoms with Crippen molar-refractivity contribution in [2.45, 2.75) is 33.7 Å². The average molecular weight is 208 g/mol. The number of nitrogens with zero attached hydrogens (tertiary/aromatic N) is 3. The lowest BCUT2D eigenvalue weighted by Gasteiger charge is -2.26. The Hall–Kier alpha value is -0.900. The molecule has 1 aliphatic heterocycles. The Labute approximate surface area is 91.1 Å². The maximum Gasteiger partial charge on any atom is 0.133 e. The van der Waals surface area contributed by atoms with Crippen molar-refractivity contribution < 1.29 is 0 Å². The molecule has 1 saturated heterocycles. The van der Waals surface area contributed by atoms with Gasteiger partial charge in [-0.15, -0.1) is 10.2 Å². The summed E-state index contributed by atoms with van der Waals surface area (Å²) in [7, 11) is 0. The zero-order valence-electron chi connectivity index (χ0n) is 9.82. The van der Waals surface area contributed by atoms with Crippen LogP contribution in [0.5, 0.6) is 0 Å². The quantitative estimate of drug-likeness (QED) is 0.803. The van der Waals surface area contributed by atoms with Gasteiger partial charge in [-0.05, 0) is 31.8 Å². The fraction of sp³-hybridized carbons (Fsp3) is 0.818. The summed E-state index contributed by atoms with van der Waals surface area (Å²) in [6.07, 6.45) is 1.07. The topological polar surface area (TPSA) is 42.7 Å². The number of hydrogen-bond acceptors (Lipinski definition) is 3. The predicted octanol–water partition coefficient (Wildman–Crippen LogP) is 1.00. The molecule has 0 aromatic carbocycles. The summed E-state index contributed by atoms with van der Waals surface area (Å²) in [5.74, 6) is 3.62. The Morgan fingerprint density at radius 3 is 2.67 bits per heavy atom. The van der Waals surface area contributed by atoms with Gasteiger partial charge in [0.15, 0.2) is 0 Å². The van der Waals surface area contributed by atoms with E-state index in [4.69, 9.17) is 0 Å². The summed E-state index contributed by atoms with van der Waals surface area (Å²) in [5.41, 5.74) is 0. The monoisotopic (exact) mass is 208 g/mol. The fourth-order valence-corrected chi connectivity index (χ4v) is 1.93. The van der Waals surface area contributed by atoms with Crippen molar-refractivity contribution >= 4 is 0 Å². The van der Waals surface area contributed by atoms with Gasteiger partial charge in [-0.1, -0.05) is 13.8 Å². The lowest BCUT2D eigenvalue weighted by Crippen LogP contribution is -2.43. The molecule has 1 aromatic rings. The Morgan fingerprint density at radius 2 is 2.13 bits per heavy atom. The maximum absolute atomic E-state index is 4.28. The first-order valence-corrected chi connectivity index (χ1v) is 5.76. The minimum absolute atomic E-state index is 0.651. The molecule has 0 bridgehead atoms. The van der Waals surface area contributed by atoms with E-state index in [9.17, 15) is 0 Å². The molecular formula is C11H20N4. The van der Waals surface area contributed by atoms with Crippen molar-refractivity contribution in [1.82, 2.24) is 20.1 Å². The second-order valence-corrected chi connectivity index (χ2v) is 4.90. The van der Waals surface area contributed by atoms with Gasteiger partial charge in [-0.2, -0.15) is 0 Å². The van der Waals surface area contributed by atoms with Gasteiger partial charge in [-0.25, -0.2) is 0 Å². The minimum Gasteiger partial charge on any atom is -0.316 e. The molecule has 0 spiro atoms. The van der Waals surface area contributed by atoms with E-state index in [2.05, 4.69) is 33.9 Å². The second-order valence-electron chi connectivity index (χ2n) is 4.90. The van der Waals surface area contributed by atoms with Crippen LogP contribution in [-0.2, 0) is 13.0 Å². The lowest BCUT2D eigenvalue weighted by molar-refractivity contribution is 0.334. The number of hydrogen-bond donors (Lipinski definition) is 1. The highest BCUT2D eigenvalue weighted by Crippen LogP contribution is 2.13. The molecule has 4 nitrogen and oxygen atoms in total. The predicted molar refractivity (Wildman–Crippen MR) is 59.7 cm³/mol. The van der Waals surface area contributed by atoms with Gasteiger partial charge in [0.1, 0.15) is 11.6 Å². The smallest absolute Gasteiger partial charge is 0.133 e. The van der Waals surface area contributed by atoms with Crippen molar-refractivity contribution in [2.24, 2.45) is 11.8 Å². The Kier molecular flexibility index (Phi) is 3.05. The van der Waals surface area contributed by atoms with Crippen LogP contribution in [0.2, 0.25) is 0 Å². The van der Waals surface area contributed by atoms with E-state index < -0.39 is 0 Å². The Balaban J connectivity index is 2.07. The molecule has 1 fully saturated rings. The highest BCUT2D eigenvalue weighted by atomic mass is 15.3. The summed E-state index contributed by atoms with van der Waals surface area (Å²) in [6.45, 7) is 9.80. The van der Waals surface area contributed by atoms with Gasteiger partial charge >= 0.3 is 0 Å². The molecule has 0 saturated carbocycles. The van der Waals surface area contributed by atoms with Crippen LogP contribution in [0.4, 0.5) is 0 Å². The molecular weight excluding hydrogens is 188 g/mol. The van der Waals surface area contributed by atoms with E-state index in [1.807, 2.05) is 6.92 Å². The molecule has 1 aliphatic rings. The second kappa shape index (κ2) is 4.31. The average Bonchev–Trinajstić information content (AvgIpc) is 2.41. The van der Waals surface area contributed by atoms with Crippen molar-refractivity contribution in [3.05, 3.63) is 11.6 Å². The zero-order valence-corrected chi connectivity index (χ0v) is 9.82. The van der Waals surface area contributed by atoms with Crippen molar-refractivity contribution in [3.8, 4) is 0 Å². The lowest BCUT2D eigenvalue weighted by atomic mass is 9.99. The van der Waals surface area contributed by atoms with E-state index in [1.54, 1.807) is 0 Å². The number of rotatable bonds is 4. The SMILES string of the molecule is Cc1nnc(CC2CNC2)n1CC(C)C. The number of aryl methyl sites for hydroxylation is 1. The van der Waals surface area contributed by atoms with Crippen molar-refractivity contribution in [3.63, 3.8) is 0 Å². The molecule has 0 unspecified atom stereocenters. The van der Waals surface area contributed by atoms with E-state index in [-0.39, 0.29) is 0 Å². The van der Waals surface area contributed by atoms with Crippen LogP contribution in [0.25, 0.3) is 0 Å². The minimum atomic E-state index is 0.651. The van der Waals surface area contributed by atoms with Gasteiger partial charge in [0, 0.05) is 13.0 Å². The number of aromatic nitrogens is 3. The van der Waals surface area contributed by atoms with Gasteiger partial charge < -0.3 is 9.88 Å². The molecule has 15 heavy (non-hydrogen) atoms. The van der Waals surface area contributed by atoms with Crippen LogP contribution in [0, 0.1) is 18.8 Å². The standard InChI is InChI=1S/C11H20N4/c1-8(2)7-15-9(3)13-14-11(15)4-10-5-12-6-10/h8,10,12H,4-7H2,1-3H3. The summed E-state index contributed by atoms with van der Waals surface area (Å²) in [6, 6.07) is 0. The van der Waals surface area contributed by atoms with Crippen LogP contribution in [0.15, 0.2) is 0 Å².